The molecular formula is C23H19ClN2O5S. The Morgan fingerprint density at radius 2 is 1.78 bits per heavy atom. The molecule has 0 fully saturated rings. The van der Waals surface area contributed by atoms with E-state index in [1.54, 1.807) is 30.3 Å². The first-order valence-electron chi connectivity index (χ1n) is 9.79. The number of alkyl halides is 1. The molecule has 3 aromatic carbocycles. The van der Waals surface area contributed by atoms with Crippen molar-refractivity contribution in [1.82, 2.24) is 0 Å². The molecule has 0 bridgehead atoms. The number of nitro benzene ring substituents is 1. The zero-order valence-corrected chi connectivity index (χ0v) is 18.3. The maximum absolute atomic E-state index is 12.8. The quantitative estimate of drug-likeness (QED) is 0.194. The highest BCUT2D eigenvalue weighted by Gasteiger charge is 2.26. The first kappa shape index (κ1) is 22.0. The van der Waals surface area contributed by atoms with Crippen LogP contribution < -0.4 is 14.8 Å². The second kappa shape index (κ2) is 9.93. The number of carbonyl (C=O) groups is 1. The van der Waals surface area contributed by atoms with Crippen LogP contribution in [0.5, 0.6) is 11.5 Å². The zero-order chi connectivity index (χ0) is 22.5. The van der Waals surface area contributed by atoms with Crippen LogP contribution >= 0.6 is 23.4 Å². The van der Waals surface area contributed by atoms with Gasteiger partial charge in [0.1, 0.15) is 0 Å². The van der Waals surface area contributed by atoms with Gasteiger partial charge in [-0.2, -0.15) is 0 Å². The number of carbonyl (C=O) groups excluding carboxylic acids is 1. The van der Waals surface area contributed by atoms with Crippen LogP contribution in [0, 0.1) is 10.1 Å². The SMILES string of the molecule is O=C(CC(Sc1ccc([N+](=O)[O-])cc1)C(Cl)c1ccccc1)Nc1ccc2c(c1)OCO2. The summed E-state index contributed by atoms with van der Waals surface area (Å²) in [5.41, 5.74) is 1.51. The highest BCUT2D eigenvalue weighted by molar-refractivity contribution is 8.00. The molecule has 1 amide bonds. The van der Waals surface area contributed by atoms with E-state index in [0.29, 0.717) is 17.2 Å². The molecule has 0 spiro atoms. The molecule has 164 valence electrons. The van der Waals surface area contributed by atoms with E-state index in [0.717, 1.165) is 10.5 Å². The summed E-state index contributed by atoms with van der Waals surface area (Å²) in [7, 11) is 0. The number of thioether (sulfide) groups is 1. The van der Waals surface area contributed by atoms with Gasteiger partial charge in [0.25, 0.3) is 5.69 Å². The molecule has 4 rings (SSSR count). The van der Waals surface area contributed by atoms with Crippen molar-refractivity contribution in [2.45, 2.75) is 21.9 Å². The molecule has 0 aliphatic carbocycles. The number of amides is 1. The molecule has 3 aromatic rings. The number of nitrogens with one attached hydrogen (secondary N) is 1. The first-order chi connectivity index (χ1) is 15.5. The molecule has 1 heterocycles. The Morgan fingerprint density at radius 3 is 2.50 bits per heavy atom. The molecule has 0 radical (unpaired) electrons. The van der Waals surface area contributed by atoms with Gasteiger partial charge < -0.3 is 14.8 Å². The van der Waals surface area contributed by atoms with Gasteiger partial charge in [0, 0.05) is 40.5 Å². The normalized spacial score (nSPS) is 13.9. The molecule has 0 saturated carbocycles. The van der Waals surface area contributed by atoms with E-state index < -0.39 is 10.3 Å². The summed E-state index contributed by atoms with van der Waals surface area (Å²) in [5, 5.41) is 13.1. The minimum absolute atomic E-state index is 0.0111. The van der Waals surface area contributed by atoms with Crippen LogP contribution in [0.4, 0.5) is 11.4 Å². The van der Waals surface area contributed by atoms with Crippen LogP contribution in [0.2, 0.25) is 0 Å². The summed E-state index contributed by atoms with van der Waals surface area (Å²) in [5.74, 6) is 1.02. The summed E-state index contributed by atoms with van der Waals surface area (Å²) >= 11 is 8.19. The van der Waals surface area contributed by atoms with Gasteiger partial charge in [-0.1, -0.05) is 30.3 Å². The molecule has 2 unspecified atom stereocenters. The predicted octanol–water partition coefficient (Wildman–Crippen LogP) is 5.79. The molecule has 0 saturated heterocycles. The topological polar surface area (TPSA) is 90.7 Å². The lowest BCUT2D eigenvalue weighted by atomic mass is 10.1. The number of hydrogen-bond acceptors (Lipinski definition) is 6. The molecule has 2 atom stereocenters. The molecular weight excluding hydrogens is 452 g/mol. The third-order valence-electron chi connectivity index (χ3n) is 4.82. The standard InChI is InChI=1S/C23H19ClN2O5S/c24-23(15-4-2-1-3-5-15)21(32-18-9-7-17(8-10-18)26(28)29)13-22(27)25-16-6-11-19-20(12-16)31-14-30-19/h1-12,21,23H,13-14H2,(H,25,27). The van der Waals surface area contributed by atoms with E-state index in [9.17, 15) is 14.9 Å². The number of non-ortho nitro benzene ring substituents is 1. The fourth-order valence-corrected chi connectivity index (χ4v) is 4.79. The maximum atomic E-state index is 12.8. The lowest BCUT2D eigenvalue weighted by Gasteiger charge is -2.22. The van der Waals surface area contributed by atoms with E-state index in [-0.39, 0.29) is 30.1 Å². The van der Waals surface area contributed by atoms with Crippen molar-refractivity contribution >= 4 is 40.6 Å². The van der Waals surface area contributed by atoms with E-state index in [1.807, 2.05) is 30.3 Å². The number of halogens is 1. The van der Waals surface area contributed by atoms with Gasteiger partial charge >= 0.3 is 0 Å². The van der Waals surface area contributed by atoms with Gasteiger partial charge in [-0.3, -0.25) is 14.9 Å². The average Bonchev–Trinajstić information content (AvgIpc) is 3.27. The van der Waals surface area contributed by atoms with Crippen LogP contribution in [-0.4, -0.2) is 22.9 Å². The third-order valence-corrected chi connectivity index (χ3v) is 6.81. The van der Waals surface area contributed by atoms with Crippen molar-refractivity contribution in [3.63, 3.8) is 0 Å². The Morgan fingerprint density at radius 1 is 1.06 bits per heavy atom. The first-order valence-corrected chi connectivity index (χ1v) is 11.1. The fourth-order valence-electron chi connectivity index (χ4n) is 3.25. The predicted molar refractivity (Wildman–Crippen MR) is 124 cm³/mol. The fraction of sp³-hybridized carbons (Fsp3) is 0.174. The Hall–Kier alpha value is -3.23. The summed E-state index contributed by atoms with van der Waals surface area (Å²) in [6.45, 7) is 0.158. The number of nitrogens with zero attached hydrogens (tertiary/aromatic N) is 1. The van der Waals surface area contributed by atoms with Gasteiger partial charge in [0.2, 0.25) is 12.7 Å². The summed E-state index contributed by atoms with van der Waals surface area (Å²) in [6.07, 6.45) is 0.138. The molecule has 0 aromatic heterocycles. The Balaban J connectivity index is 1.50. The number of nitro groups is 1. The summed E-state index contributed by atoms with van der Waals surface area (Å²) in [4.78, 5) is 24.1. The van der Waals surface area contributed by atoms with E-state index in [1.165, 1.54) is 23.9 Å². The van der Waals surface area contributed by atoms with Crippen LogP contribution in [0.1, 0.15) is 17.4 Å². The van der Waals surface area contributed by atoms with Crippen LogP contribution in [0.25, 0.3) is 0 Å². The Kier molecular flexibility index (Phi) is 6.82. The summed E-state index contributed by atoms with van der Waals surface area (Å²) in [6, 6.07) is 20.9. The Labute approximate surface area is 193 Å². The lowest BCUT2D eigenvalue weighted by Crippen LogP contribution is -2.21. The van der Waals surface area contributed by atoms with Gasteiger partial charge in [0.15, 0.2) is 11.5 Å². The van der Waals surface area contributed by atoms with Crippen molar-refractivity contribution in [3.8, 4) is 11.5 Å². The average molecular weight is 471 g/mol. The second-order valence-electron chi connectivity index (χ2n) is 7.04. The number of ether oxygens (including phenoxy) is 2. The van der Waals surface area contributed by atoms with Crippen molar-refractivity contribution in [2.75, 3.05) is 12.1 Å². The monoisotopic (exact) mass is 470 g/mol. The largest absolute Gasteiger partial charge is 0.454 e. The molecule has 32 heavy (non-hydrogen) atoms. The third kappa shape index (κ3) is 5.33. The van der Waals surface area contributed by atoms with E-state index >= 15 is 0 Å². The zero-order valence-electron chi connectivity index (χ0n) is 16.8. The van der Waals surface area contributed by atoms with Crippen LogP contribution in [0.3, 0.4) is 0 Å². The highest BCUT2D eigenvalue weighted by atomic mass is 35.5. The molecule has 7 nitrogen and oxygen atoms in total. The molecule has 1 aliphatic heterocycles. The molecule has 1 N–H and O–H groups in total. The van der Waals surface area contributed by atoms with E-state index in [2.05, 4.69) is 5.32 Å². The minimum Gasteiger partial charge on any atom is -0.454 e. The smallest absolute Gasteiger partial charge is 0.269 e. The molecule has 1 aliphatic rings. The summed E-state index contributed by atoms with van der Waals surface area (Å²) < 4.78 is 10.7. The maximum Gasteiger partial charge on any atom is 0.269 e. The number of hydrogen-bond donors (Lipinski definition) is 1. The van der Waals surface area contributed by atoms with Crippen LogP contribution in [0.15, 0.2) is 77.7 Å². The number of rotatable bonds is 8. The highest BCUT2D eigenvalue weighted by Crippen LogP contribution is 2.39. The van der Waals surface area contributed by atoms with Gasteiger partial charge in [-0.15, -0.1) is 23.4 Å². The van der Waals surface area contributed by atoms with Crippen molar-refractivity contribution < 1.29 is 19.2 Å². The van der Waals surface area contributed by atoms with Crippen LogP contribution in [-0.2, 0) is 4.79 Å². The minimum atomic E-state index is -0.445. The second-order valence-corrected chi connectivity index (χ2v) is 8.82. The number of anilines is 1. The van der Waals surface area contributed by atoms with Gasteiger partial charge in [0.05, 0.1) is 10.3 Å². The lowest BCUT2D eigenvalue weighted by molar-refractivity contribution is -0.384. The number of benzene rings is 3. The number of fused-ring (bicyclic) bond motifs is 1. The van der Waals surface area contributed by atoms with Crippen molar-refractivity contribution in [2.24, 2.45) is 0 Å². The van der Waals surface area contributed by atoms with E-state index in [4.69, 9.17) is 21.1 Å². The Bertz CT molecular complexity index is 1110. The molecule has 9 heteroatoms. The van der Waals surface area contributed by atoms with Crippen molar-refractivity contribution in [1.29, 1.82) is 0 Å². The van der Waals surface area contributed by atoms with Crippen molar-refractivity contribution in [3.05, 3.63) is 88.5 Å². The van der Waals surface area contributed by atoms with Gasteiger partial charge in [-0.25, -0.2) is 0 Å². The van der Waals surface area contributed by atoms with Gasteiger partial charge in [-0.05, 0) is 29.8 Å².